The first-order chi connectivity index (χ1) is 8.08. The molecule has 2 heterocycles. The van der Waals surface area contributed by atoms with Crippen molar-refractivity contribution in [1.29, 1.82) is 0 Å². The van der Waals surface area contributed by atoms with Crippen molar-refractivity contribution < 1.29 is 4.79 Å². The van der Waals surface area contributed by atoms with Crippen molar-refractivity contribution in [3.05, 3.63) is 5.82 Å². The van der Waals surface area contributed by atoms with Crippen molar-refractivity contribution in [3.63, 3.8) is 0 Å². The molecular weight excluding hydrogens is 236 g/mol. The Kier molecular flexibility index (Phi) is 3.61. The van der Waals surface area contributed by atoms with Gasteiger partial charge in [0, 0.05) is 44.6 Å². The Morgan fingerprint density at radius 2 is 2.12 bits per heavy atom. The third-order valence-electron chi connectivity index (χ3n) is 3.30. The molecule has 1 aromatic rings. The van der Waals surface area contributed by atoms with Crippen LogP contribution in [0.5, 0.6) is 0 Å². The third-order valence-corrected chi connectivity index (χ3v) is 4.16. The Labute approximate surface area is 106 Å². The number of anilines is 1. The zero-order valence-corrected chi connectivity index (χ0v) is 11.3. The topological polar surface area (TPSA) is 49.3 Å². The summed E-state index contributed by atoms with van der Waals surface area (Å²) in [5.74, 6) is 0.989. The molecule has 94 valence electrons. The molecule has 17 heavy (non-hydrogen) atoms. The van der Waals surface area contributed by atoms with Gasteiger partial charge in [0.25, 0.3) is 0 Å². The van der Waals surface area contributed by atoms with Crippen molar-refractivity contribution in [2.24, 2.45) is 0 Å². The van der Waals surface area contributed by atoms with Crippen LogP contribution in [-0.2, 0) is 4.79 Å². The van der Waals surface area contributed by atoms with Gasteiger partial charge in [0.1, 0.15) is 5.82 Å². The normalized spacial score (nSPS) is 17.2. The number of nitrogens with zero attached hydrogens (tertiary/aromatic N) is 4. The lowest BCUT2D eigenvalue weighted by molar-refractivity contribution is -0.129. The summed E-state index contributed by atoms with van der Waals surface area (Å²) < 4.78 is 4.20. The molecule has 0 spiro atoms. The lowest BCUT2D eigenvalue weighted by Gasteiger charge is -2.36. The molecular formula is C11H18N4OS. The number of hydrogen-bond acceptors (Lipinski definition) is 5. The van der Waals surface area contributed by atoms with Gasteiger partial charge in [0.15, 0.2) is 0 Å². The average Bonchev–Trinajstić information content (AvgIpc) is 2.75. The molecule has 1 fully saturated rings. The van der Waals surface area contributed by atoms with Crippen molar-refractivity contribution in [3.8, 4) is 0 Å². The van der Waals surface area contributed by atoms with Gasteiger partial charge in [-0.2, -0.15) is 4.37 Å². The average molecular weight is 254 g/mol. The summed E-state index contributed by atoms with van der Waals surface area (Å²) in [5.41, 5.74) is 0. The SMILES string of the molecule is CC(=O)N(C)C1CCN(c2nc(C)ns2)CC1. The maximum absolute atomic E-state index is 11.3. The van der Waals surface area contributed by atoms with Gasteiger partial charge in [0.2, 0.25) is 11.0 Å². The fraction of sp³-hybridized carbons (Fsp3) is 0.727. The second-order valence-corrected chi connectivity index (χ2v) is 5.20. The fourth-order valence-electron chi connectivity index (χ4n) is 2.12. The van der Waals surface area contributed by atoms with E-state index >= 15 is 0 Å². The van der Waals surface area contributed by atoms with Gasteiger partial charge in [-0.1, -0.05) is 0 Å². The number of carbonyl (C=O) groups excluding carboxylic acids is 1. The van der Waals surface area contributed by atoms with Crippen molar-refractivity contribution in [2.75, 3.05) is 25.0 Å². The highest BCUT2D eigenvalue weighted by Gasteiger charge is 2.25. The predicted octanol–water partition coefficient (Wildman–Crippen LogP) is 1.29. The van der Waals surface area contributed by atoms with Crippen LogP contribution in [0, 0.1) is 6.92 Å². The van der Waals surface area contributed by atoms with Crippen LogP contribution < -0.4 is 4.90 Å². The van der Waals surface area contributed by atoms with E-state index in [1.54, 1.807) is 6.92 Å². The molecule has 0 aliphatic carbocycles. The molecule has 0 aromatic carbocycles. The fourth-order valence-corrected chi connectivity index (χ4v) is 2.84. The van der Waals surface area contributed by atoms with E-state index in [-0.39, 0.29) is 5.91 Å². The summed E-state index contributed by atoms with van der Waals surface area (Å²) in [5, 5.41) is 1.01. The summed E-state index contributed by atoms with van der Waals surface area (Å²) >= 11 is 1.46. The summed E-state index contributed by atoms with van der Waals surface area (Å²) in [7, 11) is 1.89. The first-order valence-corrected chi connectivity index (χ1v) is 6.64. The van der Waals surface area contributed by atoms with E-state index in [0.717, 1.165) is 36.9 Å². The molecule has 1 saturated heterocycles. The number of piperidine rings is 1. The Balaban J connectivity index is 1.92. The zero-order valence-electron chi connectivity index (χ0n) is 10.5. The van der Waals surface area contributed by atoms with Crippen LogP contribution in [-0.4, -0.2) is 46.3 Å². The lowest BCUT2D eigenvalue weighted by atomic mass is 10.0. The number of carbonyl (C=O) groups is 1. The number of aryl methyl sites for hydroxylation is 1. The van der Waals surface area contributed by atoms with Crippen LogP contribution in [0.25, 0.3) is 0 Å². The van der Waals surface area contributed by atoms with E-state index < -0.39 is 0 Å². The molecule has 0 radical (unpaired) electrons. The number of hydrogen-bond donors (Lipinski definition) is 0. The van der Waals surface area contributed by atoms with Gasteiger partial charge >= 0.3 is 0 Å². The minimum atomic E-state index is 0.148. The molecule has 0 bridgehead atoms. The summed E-state index contributed by atoms with van der Waals surface area (Å²) in [6, 6.07) is 0.373. The van der Waals surface area contributed by atoms with Gasteiger partial charge in [-0.15, -0.1) is 0 Å². The monoisotopic (exact) mass is 254 g/mol. The molecule has 1 aromatic heterocycles. The second-order valence-electron chi connectivity index (χ2n) is 4.47. The second kappa shape index (κ2) is 5.00. The molecule has 0 atom stereocenters. The highest BCUT2D eigenvalue weighted by molar-refractivity contribution is 7.09. The summed E-state index contributed by atoms with van der Waals surface area (Å²) in [6.45, 7) is 5.45. The van der Waals surface area contributed by atoms with E-state index in [1.807, 2.05) is 18.9 Å². The van der Waals surface area contributed by atoms with Crippen LogP contribution in [0.1, 0.15) is 25.6 Å². The molecule has 5 nitrogen and oxygen atoms in total. The number of amides is 1. The van der Waals surface area contributed by atoms with Crippen molar-refractivity contribution in [1.82, 2.24) is 14.3 Å². The molecule has 6 heteroatoms. The Morgan fingerprint density at radius 1 is 1.47 bits per heavy atom. The quantitative estimate of drug-likeness (QED) is 0.798. The van der Waals surface area contributed by atoms with Gasteiger partial charge in [0.05, 0.1) is 0 Å². The van der Waals surface area contributed by atoms with E-state index in [4.69, 9.17) is 0 Å². The molecule has 0 unspecified atom stereocenters. The van der Waals surface area contributed by atoms with Gasteiger partial charge in [-0.25, -0.2) is 4.98 Å². The molecule has 0 saturated carbocycles. The first kappa shape index (κ1) is 12.3. The van der Waals surface area contributed by atoms with Gasteiger partial charge < -0.3 is 9.80 Å². The Hall–Kier alpha value is -1.17. The Bertz CT molecular complexity index is 398. The molecule has 0 N–H and O–H groups in total. The molecule has 2 rings (SSSR count). The smallest absolute Gasteiger partial charge is 0.219 e. The van der Waals surface area contributed by atoms with E-state index in [1.165, 1.54) is 11.5 Å². The zero-order chi connectivity index (χ0) is 12.4. The first-order valence-electron chi connectivity index (χ1n) is 5.86. The van der Waals surface area contributed by atoms with Crippen LogP contribution >= 0.6 is 11.5 Å². The maximum atomic E-state index is 11.3. The van der Waals surface area contributed by atoms with Crippen LogP contribution in [0.15, 0.2) is 0 Å². The van der Waals surface area contributed by atoms with Crippen molar-refractivity contribution >= 4 is 22.6 Å². The van der Waals surface area contributed by atoms with Crippen LogP contribution in [0.4, 0.5) is 5.13 Å². The maximum Gasteiger partial charge on any atom is 0.219 e. The standard InChI is InChI=1S/C11H18N4OS/c1-8-12-11(17-13-8)15-6-4-10(5-7-15)14(3)9(2)16/h10H,4-7H2,1-3H3. The van der Waals surface area contributed by atoms with Gasteiger partial charge in [-0.3, -0.25) is 4.79 Å². The van der Waals surface area contributed by atoms with E-state index in [0.29, 0.717) is 6.04 Å². The Morgan fingerprint density at radius 3 is 2.59 bits per heavy atom. The highest BCUT2D eigenvalue weighted by atomic mass is 32.1. The lowest BCUT2D eigenvalue weighted by Crippen LogP contribution is -2.45. The minimum absolute atomic E-state index is 0.148. The number of aromatic nitrogens is 2. The summed E-state index contributed by atoms with van der Waals surface area (Å²) in [6.07, 6.45) is 2.02. The van der Waals surface area contributed by atoms with Gasteiger partial charge in [-0.05, 0) is 19.8 Å². The highest BCUT2D eigenvalue weighted by Crippen LogP contribution is 2.23. The predicted molar refractivity (Wildman–Crippen MR) is 68.3 cm³/mol. The van der Waals surface area contributed by atoms with Crippen LogP contribution in [0.2, 0.25) is 0 Å². The van der Waals surface area contributed by atoms with E-state index in [9.17, 15) is 4.79 Å². The summed E-state index contributed by atoms with van der Waals surface area (Å²) in [4.78, 5) is 19.8. The van der Waals surface area contributed by atoms with Crippen LogP contribution in [0.3, 0.4) is 0 Å². The minimum Gasteiger partial charge on any atom is -0.347 e. The number of rotatable bonds is 2. The molecule has 1 aliphatic heterocycles. The third kappa shape index (κ3) is 2.74. The van der Waals surface area contributed by atoms with E-state index in [2.05, 4.69) is 14.3 Å². The molecule has 1 aliphatic rings. The molecule has 1 amide bonds. The van der Waals surface area contributed by atoms with Crippen molar-refractivity contribution in [2.45, 2.75) is 32.7 Å². The largest absolute Gasteiger partial charge is 0.347 e.